The standard InChI is InChI=1S/C9H9N3O/c10-3-7-1-2-8(6-12-7)13-9-4-11-5-9/h1-2,6,9,11H,4-5H2. The number of hydrogen-bond donors (Lipinski definition) is 1. The van der Waals surface area contributed by atoms with Gasteiger partial charge in [-0.3, -0.25) is 0 Å². The fourth-order valence-corrected chi connectivity index (χ4v) is 1.05. The van der Waals surface area contributed by atoms with Crippen LogP contribution in [-0.2, 0) is 0 Å². The van der Waals surface area contributed by atoms with Crippen LogP contribution < -0.4 is 10.1 Å². The summed E-state index contributed by atoms with van der Waals surface area (Å²) >= 11 is 0. The van der Waals surface area contributed by atoms with Crippen LogP contribution in [0, 0.1) is 11.3 Å². The lowest BCUT2D eigenvalue weighted by molar-refractivity contribution is 0.141. The highest BCUT2D eigenvalue weighted by Crippen LogP contribution is 2.12. The van der Waals surface area contributed by atoms with Gasteiger partial charge in [0, 0.05) is 13.1 Å². The molecule has 0 amide bonds. The molecular formula is C9H9N3O. The Balaban J connectivity index is 2.01. The summed E-state index contributed by atoms with van der Waals surface area (Å²) < 4.78 is 5.52. The van der Waals surface area contributed by atoms with Gasteiger partial charge in [0.05, 0.1) is 6.20 Å². The molecule has 1 aliphatic rings. The molecule has 0 spiro atoms. The highest BCUT2D eigenvalue weighted by atomic mass is 16.5. The molecule has 66 valence electrons. The predicted octanol–water partition coefficient (Wildman–Crippen LogP) is 0.304. The van der Waals surface area contributed by atoms with Gasteiger partial charge in [-0.15, -0.1) is 0 Å². The summed E-state index contributed by atoms with van der Waals surface area (Å²) in [6, 6.07) is 5.38. The van der Waals surface area contributed by atoms with Crippen molar-refractivity contribution in [2.45, 2.75) is 6.10 Å². The first-order valence-electron chi connectivity index (χ1n) is 4.12. The minimum absolute atomic E-state index is 0.259. The number of nitrogens with one attached hydrogen (secondary N) is 1. The summed E-state index contributed by atoms with van der Waals surface area (Å²) in [5.74, 6) is 0.727. The molecule has 1 N–H and O–H groups in total. The van der Waals surface area contributed by atoms with Crippen LogP contribution in [0.5, 0.6) is 5.75 Å². The molecule has 0 aliphatic carbocycles. The molecule has 0 unspecified atom stereocenters. The maximum Gasteiger partial charge on any atom is 0.140 e. The van der Waals surface area contributed by atoms with E-state index in [4.69, 9.17) is 10.00 Å². The van der Waals surface area contributed by atoms with Gasteiger partial charge >= 0.3 is 0 Å². The molecular weight excluding hydrogens is 166 g/mol. The molecule has 2 heterocycles. The van der Waals surface area contributed by atoms with Gasteiger partial charge in [-0.1, -0.05) is 0 Å². The number of hydrogen-bond acceptors (Lipinski definition) is 4. The topological polar surface area (TPSA) is 57.9 Å². The third-order valence-corrected chi connectivity index (χ3v) is 1.90. The zero-order chi connectivity index (χ0) is 9.10. The summed E-state index contributed by atoms with van der Waals surface area (Å²) in [5.41, 5.74) is 0.416. The Morgan fingerprint density at radius 3 is 2.85 bits per heavy atom. The molecule has 1 saturated heterocycles. The minimum Gasteiger partial charge on any atom is -0.486 e. The molecule has 1 aliphatic heterocycles. The average Bonchev–Trinajstić information content (AvgIpc) is 2.12. The Kier molecular flexibility index (Phi) is 2.11. The van der Waals surface area contributed by atoms with Gasteiger partial charge in [0.25, 0.3) is 0 Å². The van der Waals surface area contributed by atoms with Gasteiger partial charge in [-0.25, -0.2) is 4.98 Å². The van der Waals surface area contributed by atoms with E-state index in [9.17, 15) is 0 Å². The Morgan fingerprint density at radius 2 is 2.38 bits per heavy atom. The molecule has 1 aromatic rings. The normalized spacial score (nSPS) is 15.9. The van der Waals surface area contributed by atoms with Gasteiger partial charge in [0.2, 0.25) is 0 Å². The van der Waals surface area contributed by atoms with Crippen molar-refractivity contribution in [1.29, 1.82) is 5.26 Å². The van der Waals surface area contributed by atoms with Crippen molar-refractivity contribution < 1.29 is 4.74 Å². The van der Waals surface area contributed by atoms with E-state index in [-0.39, 0.29) is 6.10 Å². The average molecular weight is 175 g/mol. The SMILES string of the molecule is N#Cc1ccc(OC2CNC2)cn1. The van der Waals surface area contributed by atoms with E-state index in [0.717, 1.165) is 18.8 Å². The van der Waals surface area contributed by atoms with Crippen LogP contribution >= 0.6 is 0 Å². The van der Waals surface area contributed by atoms with Crippen LogP contribution in [0.1, 0.15) is 5.69 Å². The van der Waals surface area contributed by atoms with E-state index < -0.39 is 0 Å². The lowest BCUT2D eigenvalue weighted by atomic mass is 10.2. The summed E-state index contributed by atoms with van der Waals surface area (Å²) in [5, 5.41) is 11.6. The van der Waals surface area contributed by atoms with Crippen LogP contribution in [0.15, 0.2) is 18.3 Å². The van der Waals surface area contributed by atoms with Crippen molar-refractivity contribution >= 4 is 0 Å². The van der Waals surface area contributed by atoms with Crippen molar-refractivity contribution in [2.75, 3.05) is 13.1 Å². The van der Waals surface area contributed by atoms with E-state index in [2.05, 4.69) is 10.3 Å². The molecule has 2 rings (SSSR count). The largest absolute Gasteiger partial charge is 0.486 e. The smallest absolute Gasteiger partial charge is 0.140 e. The number of rotatable bonds is 2. The molecule has 4 heteroatoms. The minimum atomic E-state index is 0.259. The predicted molar refractivity (Wildman–Crippen MR) is 46.2 cm³/mol. The quantitative estimate of drug-likeness (QED) is 0.702. The Labute approximate surface area is 76.2 Å². The van der Waals surface area contributed by atoms with E-state index in [1.54, 1.807) is 18.3 Å². The van der Waals surface area contributed by atoms with Crippen LogP contribution in [0.2, 0.25) is 0 Å². The summed E-state index contributed by atoms with van der Waals surface area (Å²) in [7, 11) is 0. The van der Waals surface area contributed by atoms with Crippen molar-refractivity contribution in [1.82, 2.24) is 10.3 Å². The zero-order valence-electron chi connectivity index (χ0n) is 7.03. The first-order valence-corrected chi connectivity index (χ1v) is 4.12. The molecule has 1 fully saturated rings. The van der Waals surface area contributed by atoms with Gasteiger partial charge in [-0.05, 0) is 12.1 Å². The number of pyridine rings is 1. The maximum atomic E-state index is 8.50. The van der Waals surface area contributed by atoms with Crippen LogP contribution in [-0.4, -0.2) is 24.2 Å². The first-order chi connectivity index (χ1) is 6.38. The van der Waals surface area contributed by atoms with Gasteiger partial charge in [0.15, 0.2) is 0 Å². The van der Waals surface area contributed by atoms with Crippen LogP contribution in [0.25, 0.3) is 0 Å². The number of ether oxygens (including phenoxy) is 1. The highest BCUT2D eigenvalue weighted by molar-refractivity contribution is 5.26. The van der Waals surface area contributed by atoms with Crippen molar-refractivity contribution in [3.8, 4) is 11.8 Å². The van der Waals surface area contributed by atoms with Crippen molar-refractivity contribution in [3.05, 3.63) is 24.0 Å². The lowest BCUT2D eigenvalue weighted by Gasteiger charge is -2.27. The lowest BCUT2D eigenvalue weighted by Crippen LogP contribution is -2.50. The molecule has 0 aromatic carbocycles. The molecule has 4 nitrogen and oxygen atoms in total. The molecule has 0 atom stereocenters. The van der Waals surface area contributed by atoms with Crippen LogP contribution in [0.3, 0.4) is 0 Å². The molecule has 13 heavy (non-hydrogen) atoms. The fourth-order valence-electron chi connectivity index (χ4n) is 1.05. The highest BCUT2D eigenvalue weighted by Gasteiger charge is 2.17. The molecule has 1 aromatic heterocycles. The second-order valence-corrected chi connectivity index (χ2v) is 2.89. The summed E-state index contributed by atoms with van der Waals surface area (Å²) in [4.78, 5) is 3.90. The Morgan fingerprint density at radius 1 is 1.54 bits per heavy atom. The van der Waals surface area contributed by atoms with Crippen LogP contribution in [0.4, 0.5) is 0 Å². The second kappa shape index (κ2) is 3.42. The van der Waals surface area contributed by atoms with Crippen molar-refractivity contribution in [3.63, 3.8) is 0 Å². The maximum absolute atomic E-state index is 8.50. The number of nitrogens with zero attached hydrogens (tertiary/aromatic N) is 2. The van der Waals surface area contributed by atoms with E-state index in [1.165, 1.54) is 0 Å². The first kappa shape index (κ1) is 8.02. The molecule has 0 saturated carbocycles. The van der Waals surface area contributed by atoms with Gasteiger partial charge < -0.3 is 10.1 Å². The summed E-state index contributed by atoms with van der Waals surface area (Å²) in [6.07, 6.45) is 1.84. The van der Waals surface area contributed by atoms with Crippen molar-refractivity contribution in [2.24, 2.45) is 0 Å². The Hall–Kier alpha value is -1.60. The van der Waals surface area contributed by atoms with E-state index in [0.29, 0.717) is 5.69 Å². The van der Waals surface area contributed by atoms with Gasteiger partial charge in [0.1, 0.15) is 23.6 Å². The zero-order valence-corrected chi connectivity index (χ0v) is 7.03. The van der Waals surface area contributed by atoms with E-state index in [1.807, 2.05) is 6.07 Å². The third-order valence-electron chi connectivity index (χ3n) is 1.90. The third kappa shape index (κ3) is 1.76. The molecule has 0 radical (unpaired) electrons. The monoisotopic (exact) mass is 175 g/mol. The van der Waals surface area contributed by atoms with E-state index >= 15 is 0 Å². The number of nitriles is 1. The molecule has 0 bridgehead atoms. The second-order valence-electron chi connectivity index (χ2n) is 2.89. The fraction of sp³-hybridized carbons (Fsp3) is 0.333. The summed E-state index contributed by atoms with van der Waals surface area (Å²) in [6.45, 7) is 1.78. The van der Waals surface area contributed by atoms with Gasteiger partial charge in [-0.2, -0.15) is 5.26 Å². The number of aromatic nitrogens is 1. The Bertz CT molecular complexity index is 324.